The number of hydrogen-bond donors (Lipinski definition) is 0. The Morgan fingerprint density at radius 3 is 2.59 bits per heavy atom. The van der Waals surface area contributed by atoms with Crippen molar-refractivity contribution in [3.05, 3.63) is 57.9 Å². The summed E-state index contributed by atoms with van der Waals surface area (Å²) < 4.78 is 12.8. The lowest BCUT2D eigenvalue weighted by atomic mass is 10.2. The fourth-order valence-corrected chi connectivity index (χ4v) is 3.67. The number of nitrogens with zero attached hydrogens (tertiary/aromatic N) is 2. The van der Waals surface area contributed by atoms with Gasteiger partial charge in [-0.05, 0) is 49.4 Å². The Balaban J connectivity index is 2.11. The number of ether oxygens (including phenoxy) is 2. The minimum Gasteiger partial charge on any atom is -0.494 e. The zero-order valence-electron chi connectivity index (χ0n) is 14.8. The van der Waals surface area contributed by atoms with Crippen LogP contribution in [0.1, 0.15) is 17.3 Å². The monoisotopic (exact) mass is 404 g/mol. The van der Waals surface area contributed by atoms with Crippen molar-refractivity contribution in [2.24, 2.45) is 4.99 Å². The van der Waals surface area contributed by atoms with E-state index in [1.165, 1.54) is 18.4 Å². The van der Waals surface area contributed by atoms with E-state index in [1.807, 2.05) is 25.1 Å². The van der Waals surface area contributed by atoms with Crippen LogP contribution >= 0.6 is 22.9 Å². The van der Waals surface area contributed by atoms with Crippen LogP contribution in [0.5, 0.6) is 5.75 Å². The summed E-state index contributed by atoms with van der Waals surface area (Å²) in [5.41, 5.74) is 1.19. The molecule has 1 heterocycles. The highest BCUT2D eigenvalue weighted by molar-refractivity contribution is 7.16. The summed E-state index contributed by atoms with van der Waals surface area (Å²) in [7, 11) is 1.32. The van der Waals surface area contributed by atoms with E-state index in [9.17, 15) is 9.59 Å². The maximum absolute atomic E-state index is 12.5. The molecule has 1 aromatic heterocycles. The number of thiazole rings is 1. The molecule has 3 rings (SSSR count). The fourth-order valence-electron chi connectivity index (χ4n) is 2.49. The Kier molecular flexibility index (Phi) is 5.93. The molecule has 0 spiro atoms. The number of hydrogen-bond acceptors (Lipinski definition) is 5. The second-order valence-corrected chi connectivity index (χ2v) is 6.98. The molecule has 0 saturated heterocycles. The SMILES string of the molecule is CCOc1ccc2c(c1)sc(=NC(=O)c1ccc(Cl)cc1)n2CC(=O)OC. The Labute approximate surface area is 164 Å². The number of methoxy groups -OCH3 is 1. The lowest BCUT2D eigenvalue weighted by Gasteiger charge is -2.05. The first kappa shape index (κ1) is 19.1. The second-order valence-electron chi connectivity index (χ2n) is 5.53. The average molecular weight is 405 g/mol. The van der Waals surface area contributed by atoms with Crippen LogP contribution in [0.15, 0.2) is 47.5 Å². The van der Waals surface area contributed by atoms with Gasteiger partial charge >= 0.3 is 5.97 Å². The van der Waals surface area contributed by atoms with Crippen molar-refractivity contribution >= 4 is 45.0 Å². The van der Waals surface area contributed by atoms with E-state index in [-0.39, 0.29) is 6.54 Å². The third kappa shape index (κ3) is 4.37. The predicted molar refractivity (Wildman–Crippen MR) is 104 cm³/mol. The van der Waals surface area contributed by atoms with Gasteiger partial charge in [-0.1, -0.05) is 22.9 Å². The molecule has 0 unspecified atom stereocenters. The number of rotatable bonds is 5. The molecule has 27 heavy (non-hydrogen) atoms. The average Bonchev–Trinajstić information content (AvgIpc) is 2.98. The maximum Gasteiger partial charge on any atom is 0.325 e. The minimum atomic E-state index is -0.427. The van der Waals surface area contributed by atoms with Crippen molar-refractivity contribution in [1.82, 2.24) is 4.57 Å². The van der Waals surface area contributed by atoms with Gasteiger partial charge in [0.15, 0.2) is 4.80 Å². The standard InChI is InChI=1S/C19H17ClN2O4S/c1-3-26-14-8-9-15-16(10-14)27-19(22(15)11-17(23)25-2)21-18(24)12-4-6-13(20)7-5-12/h4-10H,3,11H2,1-2H3. The van der Waals surface area contributed by atoms with E-state index in [1.54, 1.807) is 28.8 Å². The molecule has 0 aliphatic carbocycles. The molecular formula is C19H17ClN2O4S. The molecule has 1 amide bonds. The zero-order valence-corrected chi connectivity index (χ0v) is 16.3. The van der Waals surface area contributed by atoms with Gasteiger partial charge in [0, 0.05) is 10.6 Å². The Morgan fingerprint density at radius 2 is 1.93 bits per heavy atom. The molecule has 3 aromatic rings. The number of aromatic nitrogens is 1. The largest absolute Gasteiger partial charge is 0.494 e. The van der Waals surface area contributed by atoms with Gasteiger partial charge in [0.2, 0.25) is 0 Å². The molecule has 0 aliphatic heterocycles. The summed E-state index contributed by atoms with van der Waals surface area (Å²) >= 11 is 7.17. The summed E-state index contributed by atoms with van der Waals surface area (Å²) in [6, 6.07) is 12.0. The topological polar surface area (TPSA) is 69.9 Å². The second kappa shape index (κ2) is 8.37. The van der Waals surface area contributed by atoms with Gasteiger partial charge in [-0.2, -0.15) is 4.99 Å². The molecule has 8 heteroatoms. The Morgan fingerprint density at radius 1 is 1.19 bits per heavy atom. The van der Waals surface area contributed by atoms with E-state index in [4.69, 9.17) is 21.1 Å². The van der Waals surface area contributed by atoms with E-state index < -0.39 is 11.9 Å². The van der Waals surface area contributed by atoms with Gasteiger partial charge in [0.25, 0.3) is 5.91 Å². The summed E-state index contributed by atoms with van der Waals surface area (Å²) in [6.45, 7) is 2.41. The first-order valence-corrected chi connectivity index (χ1v) is 9.39. The van der Waals surface area contributed by atoms with Crippen molar-refractivity contribution in [3.8, 4) is 5.75 Å². The highest BCUT2D eigenvalue weighted by atomic mass is 35.5. The molecule has 0 atom stereocenters. The molecule has 0 fully saturated rings. The lowest BCUT2D eigenvalue weighted by molar-refractivity contribution is -0.141. The third-order valence-electron chi connectivity index (χ3n) is 3.77. The first-order valence-electron chi connectivity index (χ1n) is 8.19. The molecular weight excluding hydrogens is 388 g/mol. The van der Waals surface area contributed by atoms with Gasteiger partial charge in [0.05, 0.1) is 23.9 Å². The highest BCUT2D eigenvalue weighted by Crippen LogP contribution is 2.23. The molecule has 0 radical (unpaired) electrons. The number of amides is 1. The first-order chi connectivity index (χ1) is 13.0. The van der Waals surface area contributed by atoms with Crippen molar-refractivity contribution in [1.29, 1.82) is 0 Å². The van der Waals surface area contributed by atoms with Crippen LogP contribution in [0.3, 0.4) is 0 Å². The fraction of sp³-hybridized carbons (Fsp3) is 0.211. The van der Waals surface area contributed by atoms with Crippen LogP contribution in [0.4, 0.5) is 0 Å². The minimum absolute atomic E-state index is 0.0444. The van der Waals surface area contributed by atoms with E-state index in [0.29, 0.717) is 27.7 Å². The van der Waals surface area contributed by atoms with Crippen LogP contribution in [0.25, 0.3) is 10.2 Å². The Hall–Kier alpha value is -2.64. The zero-order chi connectivity index (χ0) is 19.4. The number of halogens is 1. The maximum atomic E-state index is 12.5. The summed E-state index contributed by atoms with van der Waals surface area (Å²) in [5.74, 6) is -0.127. The van der Waals surface area contributed by atoms with Crippen molar-refractivity contribution in [2.45, 2.75) is 13.5 Å². The van der Waals surface area contributed by atoms with Crippen LogP contribution in [0, 0.1) is 0 Å². The summed E-state index contributed by atoms with van der Waals surface area (Å²) in [5, 5.41) is 0.539. The molecule has 0 aliphatic rings. The van der Waals surface area contributed by atoms with Crippen LogP contribution in [-0.4, -0.2) is 30.2 Å². The van der Waals surface area contributed by atoms with E-state index in [0.717, 1.165) is 10.2 Å². The van der Waals surface area contributed by atoms with Crippen LogP contribution in [0.2, 0.25) is 5.02 Å². The van der Waals surface area contributed by atoms with Crippen LogP contribution < -0.4 is 9.54 Å². The summed E-state index contributed by atoms with van der Waals surface area (Å²) in [6.07, 6.45) is 0. The van der Waals surface area contributed by atoms with Crippen molar-refractivity contribution < 1.29 is 19.1 Å². The van der Waals surface area contributed by atoms with Crippen molar-refractivity contribution in [2.75, 3.05) is 13.7 Å². The molecule has 2 aromatic carbocycles. The van der Waals surface area contributed by atoms with E-state index >= 15 is 0 Å². The molecule has 0 saturated carbocycles. The molecule has 0 N–H and O–H groups in total. The number of benzene rings is 2. The number of fused-ring (bicyclic) bond motifs is 1. The number of carbonyl (C=O) groups excluding carboxylic acids is 2. The van der Waals surface area contributed by atoms with Gasteiger partial charge in [0.1, 0.15) is 12.3 Å². The molecule has 0 bridgehead atoms. The summed E-state index contributed by atoms with van der Waals surface area (Å²) in [4.78, 5) is 29.0. The van der Waals surface area contributed by atoms with Gasteiger partial charge < -0.3 is 14.0 Å². The van der Waals surface area contributed by atoms with Crippen molar-refractivity contribution in [3.63, 3.8) is 0 Å². The van der Waals surface area contributed by atoms with Crippen LogP contribution in [-0.2, 0) is 16.1 Å². The highest BCUT2D eigenvalue weighted by Gasteiger charge is 2.13. The smallest absolute Gasteiger partial charge is 0.325 e. The molecule has 140 valence electrons. The van der Waals surface area contributed by atoms with Gasteiger partial charge in [-0.3, -0.25) is 9.59 Å². The van der Waals surface area contributed by atoms with E-state index in [2.05, 4.69) is 4.99 Å². The molecule has 6 nitrogen and oxygen atoms in total. The quantitative estimate of drug-likeness (QED) is 0.608. The Bertz CT molecular complexity index is 1050. The van der Waals surface area contributed by atoms with Gasteiger partial charge in [-0.25, -0.2) is 0 Å². The normalized spacial score (nSPS) is 11.6. The number of carbonyl (C=O) groups is 2. The lowest BCUT2D eigenvalue weighted by Crippen LogP contribution is -2.22. The van der Waals surface area contributed by atoms with Gasteiger partial charge in [-0.15, -0.1) is 0 Å². The predicted octanol–water partition coefficient (Wildman–Crippen LogP) is 3.67. The number of esters is 1. The third-order valence-corrected chi connectivity index (χ3v) is 5.06.